The minimum absolute atomic E-state index is 0.0618. The average molecular weight is 507 g/mol. The van der Waals surface area contributed by atoms with Crippen molar-refractivity contribution in [2.45, 2.75) is 38.5 Å². The number of benzene rings is 1. The van der Waals surface area contributed by atoms with E-state index in [-0.39, 0.29) is 17.6 Å². The van der Waals surface area contributed by atoms with E-state index in [1.807, 2.05) is 31.9 Å². The molecule has 1 aromatic heterocycles. The zero-order chi connectivity index (χ0) is 22.6. The van der Waals surface area contributed by atoms with Crippen molar-refractivity contribution in [3.8, 4) is 11.6 Å². The maximum absolute atomic E-state index is 13.3. The van der Waals surface area contributed by atoms with Crippen molar-refractivity contribution in [3.63, 3.8) is 0 Å². The molecule has 7 nitrogen and oxygen atoms in total. The van der Waals surface area contributed by atoms with Gasteiger partial charge in [0.15, 0.2) is 0 Å². The number of halogens is 1. The number of aryl methyl sites for hydroxylation is 1. The summed E-state index contributed by atoms with van der Waals surface area (Å²) in [5.74, 6) is 0.791. The Morgan fingerprint density at radius 2 is 2.10 bits per heavy atom. The van der Waals surface area contributed by atoms with Gasteiger partial charge in [-0.15, -0.1) is 0 Å². The summed E-state index contributed by atoms with van der Waals surface area (Å²) in [6, 6.07) is 8.74. The van der Waals surface area contributed by atoms with E-state index in [0.717, 1.165) is 30.8 Å². The Balaban J connectivity index is 1.87. The van der Waals surface area contributed by atoms with Crippen LogP contribution in [-0.2, 0) is 14.5 Å². The van der Waals surface area contributed by atoms with Gasteiger partial charge >= 0.3 is 0 Å². The van der Waals surface area contributed by atoms with E-state index in [4.69, 9.17) is 4.74 Å². The van der Waals surface area contributed by atoms with E-state index >= 15 is 0 Å². The van der Waals surface area contributed by atoms with Gasteiger partial charge in [0.2, 0.25) is 5.88 Å². The van der Waals surface area contributed by atoms with Crippen LogP contribution in [0.25, 0.3) is 0 Å². The van der Waals surface area contributed by atoms with Crippen LogP contribution >= 0.6 is 15.9 Å². The molecule has 3 rings (SSSR count). The maximum atomic E-state index is 13.3. The Kier molecular flexibility index (Phi) is 7.48. The predicted molar refractivity (Wildman–Crippen MR) is 127 cm³/mol. The topological polar surface area (TPSA) is 84.2 Å². The molecule has 1 unspecified atom stereocenters. The molecule has 1 saturated carbocycles. The summed E-state index contributed by atoms with van der Waals surface area (Å²) in [5.41, 5.74) is 1.46. The zero-order valence-corrected chi connectivity index (χ0v) is 20.6. The van der Waals surface area contributed by atoms with Crippen LogP contribution in [0.15, 0.2) is 49.1 Å². The summed E-state index contributed by atoms with van der Waals surface area (Å²) in [6.45, 7) is 6.54. The summed E-state index contributed by atoms with van der Waals surface area (Å²) < 4.78 is 24.0. The number of carbonyl (C=O) groups is 1. The smallest absolute Gasteiger partial charge is 0.257 e. The minimum Gasteiger partial charge on any atom is -0.438 e. The molecule has 1 aliphatic rings. The summed E-state index contributed by atoms with van der Waals surface area (Å²) >= 11 is 3.50. The molecule has 1 heterocycles. The van der Waals surface area contributed by atoms with E-state index in [9.17, 15) is 9.00 Å². The van der Waals surface area contributed by atoms with Crippen LogP contribution in [-0.4, -0.2) is 45.7 Å². The summed E-state index contributed by atoms with van der Waals surface area (Å²) in [7, 11) is -0.879. The number of rotatable bonds is 8. The summed E-state index contributed by atoms with van der Waals surface area (Å²) in [5, 5.41) is 0. The van der Waals surface area contributed by atoms with Crippen molar-refractivity contribution in [2.24, 2.45) is 15.3 Å². The van der Waals surface area contributed by atoms with E-state index in [1.165, 1.54) is 0 Å². The number of pyridine rings is 1. The van der Waals surface area contributed by atoms with Crippen LogP contribution in [0.2, 0.25) is 0 Å². The number of ether oxygens (including phenoxy) is 1. The van der Waals surface area contributed by atoms with Crippen LogP contribution in [0.4, 0.5) is 5.69 Å². The summed E-state index contributed by atoms with van der Waals surface area (Å²) in [6.07, 6.45) is 3.42. The lowest BCUT2D eigenvalue weighted by Crippen LogP contribution is -2.14. The Hall–Kier alpha value is -2.26. The largest absolute Gasteiger partial charge is 0.438 e. The normalized spacial score (nSPS) is 15.5. The molecule has 0 aliphatic heterocycles. The lowest BCUT2D eigenvalue weighted by atomic mass is 10.3. The standard InChI is InChI=1S/C22H27BrN4O3S/c1-5-27(4)14-24-20-13-19(23)22(25-15(20)3)30-17-8-7-9-18(12-17)31(29,6-2)26-21(28)16-10-11-16/h7-9,12-14,16H,5-6,10-11H2,1-4H3. The average Bonchev–Trinajstić information content (AvgIpc) is 3.60. The molecule has 1 aliphatic carbocycles. The molecule has 0 saturated heterocycles. The van der Waals surface area contributed by atoms with Crippen molar-refractivity contribution >= 4 is 43.6 Å². The molecule has 2 aromatic rings. The van der Waals surface area contributed by atoms with Gasteiger partial charge in [0.25, 0.3) is 5.91 Å². The van der Waals surface area contributed by atoms with E-state index in [0.29, 0.717) is 21.0 Å². The second kappa shape index (κ2) is 9.91. The van der Waals surface area contributed by atoms with Gasteiger partial charge in [-0.2, -0.15) is 4.36 Å². The first kappa shape index (κ1) is 23.4. The Morgan fingerprint density at radius 1 is 1.35 bits per heavy atom. The number of nitrogens with zero attached hydrogens (tertiary/aromatic N) is 4. The molecule has 0 radical (unpaired) electrons. The fourth-order valence-electron chi connectivity index (χ4n) is 2.68. The third kappa shape index (κ3) is 5.92. The van der Waals surface area contributed by atoms with Crippen LogP contribution in [0.1, 0.15) is 32.4 Å². The van der Waals surface area contributed by atoms with Crippen molar-refractivity contribution in [2.75, 3.05) is 19.3 Å². The van der Waals surface area contributed by atoms with Crippen LogP contribution < -0.4 is 4.74 Å². The van der Waals surface area contributed by atoms with Crippen molar-refractivity contribution in [3.05, 3.63) is 40.5 Å². The highest BCUT2D eigenvalue weighted by Crippen LogP contribution is 2.34. The number of aliphatic imine (C=N–C) groups is 1. The Bertz CT molecular complexity index is 1120. The molecule has 1 atom stereocenters. The van der Waals surface area contributed by atoms with Crippen molar-refractivity contribution in [1.29, 1.82) is 0 Å². The molecular weight excluding hydrogens is 480 g/mol. The molecular formula is C22H27BrN4O3S. The highest BCUT2D eigenvalue weighted by atomic mass is 79.9. The zero-order valence-electron chi connectivity index (χ0n) is 18.2. The molecule has 0 N–H and O–H groups in total. The number of carbonyl (C=O) groups excluding carboxylic acids is 1. The van der Waals surface area contributed by atoms with Gasteiger partial charge in [-0.25, -0.2) is 14.2 Å². The number of amides is 1. The molecule has 1 aromatic carbocycles. The minimum atomic E-state index is -2.83. The van der Waals surface area contributed by atoms with Gasteiger partial charge in [0, 0.05) is 25.3 Å². The predicted octanol–water partition coefficient (Wildman–Crippen LogP) is 5.34. The van der Waals surface area contributed by atoms with Crippen molar-refractivity contribution < 1.29 is 13.7 Å². The number of aromatic nitrogens is 1. The quantitative estimate of drug-likeness (QED) is 0.356. The molecule has 31 heavy (non-hydrogen) atoms. The van der Waals surface area contributed by atoms with Gasteiger partial charge in [-0.05, 0) is 66.9 Å². The van der Waals surface area contributed by atoms with Gasteiger partial charge in [-0.3, -0.25) is 4.79 Å². The molecule has 1 fully saturated rings. The Labute approximate surface area is 192 Å². The SMILES string of the molecule is CCN(C)C=Nc1cc(Br)c(Oc2cccc(S(=O)(CC)=NC(=O)C3CC3)c2)nc1C. The van der Waals surface area contributed by atoms with E-state index in [2.05, 4.69) is 30.3 Å². The summed E-state index contributed by atoms with van der Waals surface area (Å²) in [4.78, 5) is 23.6. The molecule has 9 heteroatoms. The first-order chi connectivity index (χ1) is 14.8. The fraction of sp³-hybridized carbons (Fsp3) is 0.409. The molecule has 0 spiro atoms. The highest BCUT2D eigenvalue weighted by Gasteiger charge is 2.31. The first-order valence-electron chi connectivity index (χ1n) is 10.2. The van der Waals surface area contributed by atoms with Gasteiger partial charge in [0.05, 0.1) is 36.8 Å². The molecule has 166 valence electrons. The fourth-order valence-corrected chi connectivity index (χ4v) is 4.66. The first-order valence-corrected chi connectivity index (χ1v) is 12.7. The second-order valence-electron chi connectivity index (χ2n) is 7.41. The van der Waals surface area contributed by atoms with Crippen molar-refractivity contribution in [1.82, 2.24) is 9.88 Å². The van der Waals surface area contributed by atoms with Crippen LogP contribution in [0.5, 0.6) is 11.6 Å². The van der Waals surface area contributed by atoms with Gasteiger partial charge in [-0.1, -0.05) is 13.0 Å². The van der Waals surface area contributed by atoms with E-state index in [1.54, 1.807) is 37.5 Å². The molecule has 0 bridgehead atoms. The lowest BCUT2D eigenvalue weighted by molar-refractivity contribution is -0.118. The third-order valence-electron chi connectivity index (χ3n) is 4.94. The van der Waals surface area contributed by atoms with Gasteiger partial charge in [0.1, 0.15) is 5.75 Å². The van der Waals surface area contributed by atoms with Crippen LogP contribution in [0, 0.1) is 12.8 Å². The van der Waals surface area contributed by atoms with Gasteiger partial charge < -0.3 is 9.64 Å². The third-order valence-corrected chi connectivity index (χ3v) is 7.76. The van der Waals surface area contributed by atoms with Crippen LogP contribution in [0.3, 0.4) is 0 Å². The van der Waals surface area contributed by atoms with E-state index < -0.39 is 9.73 Å². The maximum Gasteiger partial charge on any atom is 0.257 e. The highest BCUT2D eigenvalue weighted by molar-refractivity contribution is 9.10. The monoisotopic (exact) mass is 506 g/mol. The molecule has 1 amide bonds. The lowest BCUT2D eigenvalue weighted by Gasteiger charge is -2.12. The Morgan fingerprint density at radius 3 is 2.74 bits per heavy atom. The number of hydrogen-bond acceptors (Lipinski definition) is 5. The number of hydrogen-bond donors (Lipinski definition) is 0. The second-order valence-corrected chi connectivity index (χ2v) is 10.8.